The molecule has 12 heteroatoms. The number of alkyl halides is 3. The van der Waals surface area contributed by atoms with E-state index in [-0.39, 0.29) is 11.4 Å². The number of halogens is 4. The van der Waals surface area contributed by atoms with Gasteiger partial charge in [0.05, 0.1) is 16.3 Å². The van der Waals surface area contributed by atoms with Crippen molar-refractivity contribution in [3.63, 3.8) is 0 Å². The number of pyridine rings is 1. The molecule has 1 amide bonds. The van der Waals surface area contributed by atoms with E-state index in [4.69, 9.17) is 16.3 Å². The van der Waals surface area contributed by atoms with E-state index < -0.39 is 34.7 Å². The average molecular weight is 423 g/mol. The van der Waals surface area contributed by atoms with Crippen molar-refractivity contribution in [2.24, 2.45) is 0 Å². The normalized spacial score (nSPS) is 12.4. The fraction of sp³-hybridized carbons (Fsp3) is 0.333. The molecule has 0 aromatic carbocycles. The zero-order chi connectivity index (χ0) is 20.4. The van der Waals surface area contributed by atoms with Crippen LogP contribution in [-0.2, 0) is 15.7 Å². The lowest BCUT2D eigenvalue weighted by Gasteiger charge is -2.15. The SMILES string of the molecule is CNc1snc(C)c1C(=O)OC(C)C(=O)Nc1ncc(C(F)(F)F)cc1Cl. The fourth-order valence-corrected chi connectivity index (χ4v) is 2.90. The van der Waals surface area contributed by atoms with Crippen molar-refractivity contribution < 1.29 is 27.5 Å². The van der Waals surface area contributed by atoms with E-state index in [9.17, 15) is 22.8 Å². The lowest BCUT2D eigenvalue weighted by Crippen LogP contribution is -2.30. The Morgan fingerprint density at radius 2 is 2.04 bits per heavy atom. The molecule has 0 saturated carbocycles. The molecule has 1 atom stereocenters. The summed E-state index contributed by atoms with van der Waals surface area (Å²) in [7, 11) is 1.61. The van der Waals surface area contributed by atoms with Gasteiger partial charge in [0.25, 0.3) is 5.91 Å². The molecule has 0 aliphatic heterocycles. The molecule has 2 N–H and O–H groups in total. The summed E-state index contributed by atoms with van der Waals surface area (Å²) in [5.41, 5.74) is -0.410. The summed E-state index contributed by atoms with van der Waals surface area (Å²) in [6.07, 6.45) is -5.32. The topological polar surface area (TPSA) is 93.2 Å². The Bertz CT molecular complexity index is 872. The summed E-state index contributed by atoms with van der Waals surface area (Å²) < 4.78 is 47.0. The number of esters is 1. The molecule has 0 bridgehead atoms. The molecule has 0 saturated heterocycles. The van der Waals surface area contributed by atoms with E-state index in [1.807, 2.05) is 0 Å². The molecule has 2 aromatic rings. The molecule has 0 fully saturated rings. The third-order valence-electron chi connectivity index (χ3n) is 3.36. The highest BCUT2D eigenvalue weighted by Gasteiger charge is 2.32. The minimum atomic E-state index is -4.61. The number of nitrogens with zero attached hydrogens (tertiary/aromatic N) is 2. The van der Waals surface area contributed by atoms with Gasteiger partial charge in [-0.1, -0.05) is 11.6 Å². The van der Waals surface area contributed by atoms with Crippen LogP contribution in [0.3, 0.4) is 0 Å². The van der Waals surface area contributed by atoms with Crippen LogP contribution < -0.4 is 10.6 Å². The number of anilines is 2. The van der Waals surface area contributed by atoms with E-state index in [1.54, 1.807) is 14.0 Å². The van der Waals surface area contributed by atoms with Gasteiger partial charge >= 0.3 is 12.1 Å². The van der Waals surface area contributed by atoms with Gasteiger partial charge in [-0.3, -0.25) is 4.79 Å². The van der Waals surface area contributed by atoms with Gasteiger partial charge in [-0.05, 0) is 31.4 Å². The van der Waals surface area contributed by atoms with Gasteiger partial charge < -0.3 is 15.4 Å². The number of aryl methyl sites for hydroxylation is 1. The van der Waals surface area contributed by atoms with Crippen molar-refractivity contribution in [3.05, 3.63) is 34.1 Å². The molecule has 27 heavy (non-hydrogen) atoms. The number of carbonyl (C=O) groups is 2. The summed E-state index contributed by atoms with van der Waals surface area (Å²) >= 11 is 6.80. The zero-order valence-electron chi connectivity index (χ0n) is 14.3. The van der Waals surface area contributed by atoms with Crippen LogP contribution >= 0.6 is 23.1 Å². The van der Waals surface area contributed by atoms with E-state index in [2.05, 4.69) is 20.0 Å². The minimum absolute atomic E-state index is 0.202. The molecule has 7 nitrogen and oxygen atoms in total. The predicted molar refractivity (Wildman–Crippen MR) is 94.2 cm³/mol. The Labute approximate surface area is 161 Å². The van der Waals surface area contributed by atoms with Crippen molar-refractivity contribution in [1.29, 1.82) is 0 Å². The molecule has 146 valence electrons. The standard InChI is InChI=1S/C15H14ClF3N4O3S/c1-6-10(13(20-3)27-23-6)14(25)26-7(2)12(24)22-11-9(16)4-8(5-21-11)15(17,18)19/h4-5,7,20H,1-3H3,(H,21,22,24). The second-order valence-corrected chi connectivity index (χ2v) is 6.49. The van der Waals surface area contributed by atoms with Gasteiger partial charge in [0, 0.05) is 13.2 Å². The Balaban J connectivity index is 2.08. The van der Waals surface area contributed by atoms with Crippen molar-refractivity contribution >= 4 is 45.8 Å². The number of nitrogens with one attached hydrogen (secondary N) is 2. The Kier molecular flexibility index (Phi) is 6.26. The monoisotopic (exact) mass is 422 g/mol. The molecule has 2 rings (SSSR count). The molecule has 0 aliphatic carbocycles. The zero-order valence-corrected chi connectivity index (χ0v) is 15.8. The number of carbonyl (C=O) groups excluding carboxylic acids is 2. The fourth-order valence-electron chi connectivity index (χ4n) is 1.96. The summed E-state index contributed by atoms with van der Waals surface area (Å²) in [6, 6.07) is 0.639. The lowest BCUT2D eigenvalue weighted by molar-refractivity contribution is -0.137. The quantitative estimate of drug-likeness (QED) is 0.713. The van der Waals surface area contributed by atoms with Gasteiger partial charge in [0.15, 0.2) is 11.9 Å². The molecule has 0 radical (unpaired) electrons. The maximum Gasteiger partial charge on any atom is 0.417 e. The van der Waals surface area contributed by atoms with Crippen molar-refractivity contribution in [1.82, 2.24) is 9.36 Å². The van der Waals surface area contributed by atoms with E-state index in [0.29, 0.717) is 23.0 Å². The van der Waals surface area contributed by atoms with Crippen LogP contribution in [0.2, 0.25) is 5.02 Å². The summed E-state index contributed by atoms with van der Waals surface area (Å²) in [6.45, 7) is 2.92. The first-order valence-corrected chi connectivity index (χ1v) is 8.58. The molecule has 1 unspecified atom stereocenters. The van der Waals surface area contributed by atoms with Gasteiger partial charge in [-0.15, -0.1) is 0 Å². The number of hydrogen-bond acceptors (Lipinski definition) is 7. The smallest absolute Gasteiger partial charge is 0.417 e. The van der Waals surface area contributed by atoms with Crippen LogP contribution in [0.25, 0.3) is 0 Å². The van der Waals surface area contributed by atoms with Gasteiger partial charge in [0.1, 0.15) is 10.6 Å². The average Bonchev–Trinajstić information content (AvgIpc) is 2.96. The molecule has 2 heterocycles. The van der Waals surface area contributed by atoms with E-state index in [1.165, 1.54) is 6.92 Å². The molecule has 2 aromatic heterocycles. The van der Waals surface area contributed by atoms with Crippen molar-refractivity contribution in [2.75, 3.05) is 17.7 Å². The maximum atomic E-state index is 12.6. The van der Waals surface area contributed by atoms with Crippen LogP contribution in [0.4, 0.5) is 24.0 Å². The Morgan fingerprint density at radius 3 is 2.59 bits per heavy atom. The van der Waals surface area contributed by atoms with Crippen LogP contribution in [0, 0.1) is 6.92 Å². The predicted octanol–water partition coefficient (Wildman–Crippen LogP) is 3.74. The van der Waals surface area contributed by atoms with Gasteiger partial charge in [-0.25, -0.2) is 9.78 Å². The third kappa shape index (κ3) is 4.86. The number of amides is 1. The van der Waals surface area contributed by atoms with Crippen LogP contribution in [-0.4, -0.2) is 34.4 Å². The second kappa shape index (κ2) is 8.09. The minimum Gasteiger partial charge on any atom is -0.449 e. The van der Waals surface area contributed by atoms with Crippen molar-refractivity contribution in [2.45, 2.75) is 26.1 Å². The Morgan fingerprint density at radius 1 is 1.37 bits per heavy atom. The van der Waals surface area contributed by atoms with Crippen molar-refractivity contribution in [3.8, 4) is 0 Å². The molecule has 0 aliphatic rings. The number of aromatic nitrogens is 2. The third-order valence-corrected chi connectivity index (χ3v) is 4.60. The van der Waals surface area contributed by atoms with Crippen LogP contribution in [0.15, 0.2) is 12.3 Å². The first-order chi connectivity index (χ1) is 12.5. The number of ether oxygens (including phenoxy) is 1. The van der Waals surface area contributed by atoms with Crippen LogP contribution in [0.5, 0.6) is 0 Å². The van der Waals surface area contributed by atoms with Gasteiger partial charge in [-0.2, -0.15) is 17.5 Å². The second-order valence-electron chi connectivity index (χ2n) is 5.31. The Hall–Kier alpha value is -2.40. The summed E-state index contributed by atoms with van der Waals surface area (Å²) in [5, 5.41) is 5.11. The molecule has 0 spiro atoms. The van der Waals surface area contributed by atoms with E-state index >= 15 is 0 Å². The molecular weight excluding hydrogens is 409 g/mol. The molecular formula is C15H14ClF3N4O3S. The largest absolute Gasteiger partial charge is 0.449 e. The highest BCUT2D eigenvalue weighted by Crippen LogP contribution is 2.32. The van der Waals surface area contributed by atoms with Gasteiger partial charge in [0.2, 0.25) is 0 Å². The maximum absolute atomic E-state index is 12.6. The highest BCUT2D eigenvalue weighted by atomic mass is 35.5. The number of hydrogen-bond donors (Lipinski definition) is 2. The number of rotatable bonds is 5. The summed E-state index contributed by atoms with van der Waals surface area (Å²) in [5.74, 6) is -1.84. The lowest BCUT2D eigenvalue weighted by atomic mass is 10.2. The summed E-state index contributed by atoms with van der Waals surface area (Å²) in [4.78, 5) is 27.9. The van der Waals surface area contributed by atoms with E-state index in [0.717, 1.165) is 11.5 Å². The first-order valence-electron chi connectivity index (χ1n) is 7.43. The first kappa shape index (κ1) is 20.9. The highest BCUT2D eigenvalue weighted by molar-refractivity contribution is 7.10. The van der Waals surface area contributed by atoms with Crippen LogP contribution in [0.1, 0.15) is 28.5 Å².